The SMILES string of the molecule is CCOc1ccc(-c2ccc(=O)n(C(C)C(=O)Nc3ccccc3C(C)C)n2)cc1. The summed E-state index contributed by atoms with van der Waals surface area (Å²) in [5.74, 6) is 0.744. The second-order valence-electron chi connectivity index (χ2n) is 7.37. The van der Waals surface area contributed by atoms with Gasteiger partial charge in [0.25, 0.3) is 5.56 Å². The van der Waals surface area contributed by atoms with Gasteiger partial charge in [-0.25, -0.2) is 4.68 Å². The number of benzene rings is 2. The van der Waals surface area contributed by atoms with E-state index in [1.165, 1.54) is 10.7 Å². The van der Waals surface area contributed by atoms with Gasteiger partial charge in [0, 0.05) is 17.3 Å². The minimum atomic E-state index is -0.764. The summed E-state index contributed by atoms with van der Waals surface area (Å²) in [6, 6.07) is 17.5. The van der Waals surface area contributed by atoms with E-state index in [2.05, 4.69) is 24.3 Å². The quantitative estimate of drug-likeness (QED) is 0.622. The van der Waals surface area contributed by atoms with E-state index in [-0.39, 0.29) is 17.4 Å². The highest BCUT2D eigenvalue weighted by atomic mass is 16.5. The summed E-state index contributed by atoms with van der Waals surface area (Å²) in [4.78, 5) is 25.3. The first-order valence-electron chi connectivity index (χ1n) is 10.1. The maximum Gasteiger partial charge on any atom is 0.267 e. The molecule has 2 aromatic carbocycles. The van der Waals surface area contributed by atoms with Crippen LogP contribution in [0.5, 0.6) is 5.75 Å². The topological polar surface area (TPSA) is 73.2 Å². The van der Waals surface area contributed by atoms with Crippen molar-refractivity contribution in [1.29, 1.82) is 0 Å². The second kappa shape index (κ2) is 9.39. The van der Waals surface area contributed by atoms with Crippen LogP contribution in [0, 0.1) is 0 Å². The van der Waals surface area contributed by atoms with Crippen LogP contribution in [-0.4, -0.2) is 22.3 Å². The van der Waals surface area contributed by atoms with Gasteiger partial charge in [0.15, 0.2) is 0 Å². The monoisotopic (exact) mass is 405 g/mol. The van der Waals surface area contributed by atoms with E-state index in [0.29, 0.717) is 12.3 Å². The molecule has 0 bridgehead atoms. The first-order valence-corrected chi connectivity index (χ1v) is 10.1. The van der Waals surface area contributed by atoms with Crippen molar-refractivity contribution in [3.63, 3.8) is 0 Å². The minimum absolute atomic E-state index is 0.264. The number of ether oxygens (including phenoxy) is 1. The molecule has 0 aliphatic heterocycles. The number of para-hydroxylation sites is 1. The highest BCUT2D eigenvalue weighted by Gasteiger charge is 2.19. The predicted molar refractivity (Wildman–Crippen MR) is 119 cm³/mol. The maximum absolute atomic E-state index is 12.9. The summed E-state index contributed by atoms with van der Waals surface area (Å²) in [5.41, 5.74) is 2.91. The van der Waals surface area contributed by atoms with E-state index in [9.17, 15) is 9.59 Å². The first-order chi connectivity index (χ1) is 14.4. The Balaban J connectivity index is 1.85. The molecular weight excluding hydrogens is 378 g/mol. The number of aromatic nitrogens is 2. The van der Waals surface area contributed by atoms with Gasteiger partial charge in [0.1, 0.15) is 11.8 Å². The van der Waals surface area contributed by atoms with Gasteiger partial charge in [-0.3, -0.25) is 9.59 Å². The largest absolute Gasteiger partial charge is 0.494 e. The van der Waals surface area contributed by atoms with Gasteiger partial charge in [-0.05, 0) is 61.7 Å². The summed E-state index contributed by atoms with van der Waals surface area (Å²) in [7, 11) is 0. The van der Waals surface area contributed by atoms with E-state index in [4.69, 9.17) is 4.74 Å². The summed E-state index contributed by atoms with van der Waals surface area (Å²) >= 11 is 0. The number of carbonyl (C=O) groups excluding carboxylic acids is 1. The number of nitrogens with zero attached hydrogens (tertiary/aromatic N) is 2. The molecule has 0 spiro atoms. The molecule has 30 heavy (non-hydrogen) atoms. The third-order valence-corrected chi connectivity index (χ3v) is 4.87. The van der Waals surface area contributed by atoms with Crippen molar-refractivity contribution < 1.29 is 9.53 Å². The molecule has 0 aliphatic carbocycles. The number of hydrogen-bond acceptors (Lipinski definition) is 4. The average Bonchev–Trinajstić information content (AvgIpc) is 2.74. The van der Waals surface area contributed by atoms with Crippen LogP contribution >= 0.6 is 0 Å². The van der Waals surface area contributed by atoms with Crippen LogP contribution in [0.2, 0.25) is 0 Å². The van der Waals surface area contributed by atoms with Crippen LogP contribution in [0.15, 0.2) is 65.5 Å². The van der Waals surface area contributed by atoms with E-state index < -0.39 is 6.04 Å². The molecule has 1 aromatic heterocycles. The second-order valence-corrected chi connectivity index (χ2v) is 7.37. The lowest BCUT2D eigenvalue weighted by atomic mass is 10.0. The van der Waals surface area contributed by atoms with Crippen molar-refractivity contribution in [2.75, 3.05) is 11.9 Å². The van der Waals surface area contributed by atoms with Crippen molar-refractivity contribution in [3.8, 4) is 17.0 Å². The highest BCUT2D eigenvalue weighted by Crippen LogP contribution is 2.25. The van der Waals surface area contributed by atoms with Gasteiger partial charge in [0.05, 0.1) is 12.3 Å². The molecule has 0 aliphatic rings. The summed E-state index contributed by atoms with van der Waals surface area (Å²) in [6.07, 6.45) is 0. The number of carbonyl (C=O) groups is 1. The zero-order chi connectivity index (χ0) is 21.7. The van der Waals surface area contributed by atoms with Crippen LogP contribution in [0.1, 0.15) is 45.2 Å². The normalized spacial score (nSPS) is 11.9. The van der Waals surface area contributed by atoms with E-state index in [1.807, 2.05) is 55.5 Å². The van der Waals surface area contributed by atoms with E-state index in [1.54, 1.807) is 13.0 Å². The fourth-order valence-corrected chi connectivity index (χ4v) is 3.21. The lowest BCUT2D eigenvalue weighted by Gasteiger charge is -2.18. The Hall–Kier alpha value is -3.41. The van der Waals surface area contributed by atoms with Gasteiger partial charge in [0.2, 0.25) is 5.91 Å². The molecule has 1 amide bonds. The Morgan fingerprint density at radius 2 is 1.73 bits per heavy atom. The average molecular weight is 405 g/mol. The molecule has 1 unspecified atom stereocenters. The van der Waals surface area contributed by atoms with Gasteiger partial charge in [-0.1, -0.05) is 32.0 Å². The van der Waals surface area contributed by atoms with Crippen molar-refractivity contribution in [2.24, 2.45) is 0 Å². The molecule has 0 saturated carbocycles. The molecule has 0 saturated heterocycles. The van der Waals surface area contributed by atoms with Crippen LogP contribution in [-0.2, 0) is 4.79 Å². The first kappa shape index (κ1) is 21.3. The molecule has 3 aromatic rings. The molecule has 6 heteroatoms. The highest BCUT2D eigenvalue weighted by molar-refractivity contribution is 5.94. The maximum atomic E-state index is 12.9. The van der Waals surface area contributed by atoms with Gasteiger partial charge in [-0.15, -0.1) is 0 Å². The fourth-order valence-electron chi connectivity index (χ4n) is 3.21. The molecular formula is C24H27N3O3. The van der Waals surface area contributed by atoms with Gasteiger partial charge < -0.3 is 10.1 Å². The Morgan fingerprint density at radius 1 is 1.03 bits per heavy atom. The number of anilines is 1. The fraction of sp³-hybridized carbons (Fsp3) is 0.292. The molecule has 1 heterocycles. The van der Waals surface area contributed by atoms with Crippen LogP contribution < -0.4 is 15.6 Å². The number of nitrogens with one attached hydrogen (secondary N) is 1. The Labute approximate surface area is 176 Å². The number of hydrogen-bond donors (Lipinski definition) is 1. The lowest BCUT2D eigenvalue weighted by Crippen LogP contribution is -2.33. The van der Waals surface area contributed by atoms with Crippen molar-refractivity contribution >= 4 is 11.6 Å². The molecule has 0 radical (unpaired) electrons. The molecule has 6 nitrogen and oxygen atoms in total. The standard InChI is InChI=1S/C24H27N3O3/c1-5-30-19-12-10-18(11-13-19)21-14-15-23(28)27(26-21)17(4)24(29)25-22-9-7-6-8-20(22)16(2)3/h6-17H,5H2,1-4H3,(H,25,29). The lowest BCUT2D eigenvalue weighted by molar-refractivity contribution is -0.119. The summed E-state index contributed by atoms with van der Waals surface area (Å²) in [6.45, 7) is 8.33. The van der Waals surface area contributed by atoms with Crippen molar-refractivity contribution in [2.45, 2.75) is 39.7 Å². The summed E-state index contributed by atoms with van der Waals surface area (Å²) < 4.78 is 6.68. The van der Waals surface area contributed by atoms with Crippen LogP contribution in [0.25, 0.3) is 11.3 Å². The smallest absolute Gasteiger partial charge is 0.267 e. The van der Waals surface area contributed by atoms with E-state index in [0.717, 1.165) is 22.6 Å². The minimum Gasteiger partial charge on any atom is -0.494 e. The zero-order valence-electron chi connectivity index (χ0n) is 17.8. The molecule has 3 rings (SSSR count). The number of rotatable bonds is 7. The molecule has 1 N–H and O–H groups in total. The van der Waals surface area contributed by atoms with Crippen LogP contribution in [0.4, 0.5) is 5.69 Å². The van der Waals surface area contributed by atoms with Gasteiger partial charge in [-0.2, -0.15) is 5.10 Å². The molecule has 0 fully saturated rings. The third kappa shape index (κ3) is 4.76. The van der Waals surface area contributed by atoms with Crippen LogP contribution in [0.3, 0.4) is 0 Å². The zero-order valence-corrected chi connectivity index (χ0v) is 17.8. The molecule has 1 atom stereocenters. The Bertz CT molecular complexity index is 1070. The van der Waals surface area contributed by atoms with Crippen molar-refractivity contribution in [1.82, 2.24) is 9.78 Å². The third-order valence-electron chi connectivity index (χ3n) is 4.87. The Morgan fingerprint density at radius 3 is 2.40 bits per heavy atom. The van der Waals surface area contributed by atoms with E-state index >= 15 is 0 Å². The number of amides is 1. The van der Waals surface area contributed by atoms with Crippen molar-refractivity contribution in [3.05, 3.63) is 76.6 Å². The summed E-state index contributed by atoms with van der Waals surface area (Å²) in [5, 5.41) is 7.38. The Kier molecular flexibility index (Phi) is 6.67. The predicted octanol–water partition coefficient (Wildman–Crippen LogP) is 4.63. The van der Waals surface area contributed by atoms with Gasteiger partial charge >= 0.3 is 0 Å². The molecule has 156 valence electrons.